The average molecular weight is 262 g/mol. The van der Waals surface area contributed by atoms with E-state index >= 15 is 0 Å². The molecule has 0 spiro atoms. The quantitative estimate of drug-likeness (QED) is 0.882. The standard InChI is InChI=1S/C16H26N2O/c1-4-18(16-8-6-5-7-13(16)2)11-14-12-19-10-9-15(14)17-3/h5-8,14-15,17H,4,9-12H2,1-3H3. The van der Waals surface area contributed by atoms with Gasteiger partial charge < -0.3 is 15.0 Å². The van der Waals surface area contributed by atoms with Gasteiger partial charge in [0, 0.05) is 37.3 Å². The number of rotatable bonds is 5. The lowest BCUT2D eigenvalue weighted by Gasteiger charge is -2.36. The largest absolute Gasteiger partial charge is 0.381 e. The minimum Gasteiger partial charge on any atom is -0.381 e. The molecule has 19 heavy (non-hydrogen) atoms. The van der Waals surface area contributed by atoms with Crippen LogP contribution in [0.4, 0.5) is 5.69 Å². The Kier molecular flexibility index (Phi) is 5.23. The maximum absolute atomic E-state index is 5.66. The molecular formula is C16H26N2O. The van der Waals surface area contributed by atoms with E-state index in [9.17, 15) is 0 Å². The maximum Gasteiger partial charge on any atom is 0.0526 e. The van der Waals surface area contributed by atoms with E-state index < -0.39 is 0 Å². The Bertz CT molecular complexity index is 394. The van der Waals surface area contributed by atoms with E-state index in [4.69, 9.17) is 4.74 Å². The van der Waals surface area contributed by atoms with Crippen LogP contribution in [0, 0.1) is 12.8 Å². The number of nitrogens with one attached hydrogen (secondary N) is 1. The molecule has 0 amide bonds. The molecule has 2 unspecified atom stereocenters. The zero-order valence-corrected chi connectivity index (χ0v) is 12.4. The summed E-state index contributed by atoms with van der Waals surface area (Å²) in [5.74, 6) is 0.568. The van der Waals surface area contributed by atoms with Crippen molar-refractivity contribution >= 4 is 5.69 Å². The molecule has 1 heterocycles. The van der Waals surface area contributed by atoms with E-state index in [0.29, 0.717) is 12.0 Å². The van der Waals surface area contributed by atoms with Gasteiger partial charge in [-0.25, -0.2) is 0 Å². The van der Waals surface area contributed by atoms with Crippen molar-refractivity contribution in [1.29, 1.82) is 0 Å². The summed E-state index contributed by atoms with van der Waals surface area (Å²) in [7, 11) is 2.06. The highest BCUT2D eigenvalue weighted by atomic mass is 16.5. The Balaban J connectivity index is 2.08. The summed E-state index contributed by atoms with van der Waals surface area (Å²) in [6.07, 6.45) is 1.12. The van der Waals surface area contributed by atoms with Gasteiger partial charge in [0.05, 0.1) is 6.61 Å². The number of para-hydroxylation sites is 1. The molecule has 106 valence electrons. The molecule has 2 atom stereocenters. The molecule has 3 heteroatoms. The molecule has 1 fully saturated rings. The second-order valence-corrected chi connectivity index (χ2v) is 5.34. The highest BCUT2D eigenvalue weighted by Crippen LogP contribution is 2.23. The van der Waals surface area contributed by atoms with Crippen LogP contribution in [0.2, 0.25) is 0 Å². The van der Waals surface area contributed by atoms with Gasteiger partial charge in [-0.05, 0) is 38.9 Å². The number of benzene rings is 1. The van der Waals surface area contributed by atoms with Gasteiger partial charge in [0.2, 0.25) is 0 Å². The molecule has 0 saturated carbocycles. The van der Waals surface area contributed by atoms with Crippen molar-refractivity contribution in [1.82, 2.24) is 5.32 Å². The van der Waals surface area contributed by atoms with E-state index in [-0.39, 0.29) is 0 Å². The van der Waals surface area contributed by atoms with Gasteiger partial charge >= 0.3 is 0 Å². The minimum absolute atomic E-state index is 0.568. The first-order valence-corrected chi connectivity index (χ1v) is 7.31. The molecule has 1 aromatic rings. The van der Waals surface area contributed by atoms with Crippen LogP contribution in [0.25, 0.3) is 0 Å². The van der Waals surface area contributed by atoms with Crippen molar-refractivity contribution in [3.05, 3.63) is 29.8 Å². The first kappa shape index (κ1) is 14.4. The van der Waals surface area contributed by atoms with Crippen LogP contribution < -0.4 is 10.2 Å². The van der Waals surface area contributed by atoms with Crippen LogP contribution >= 0.6 is 0 Å². The van der Waals surface area contributed by atoms with Crippen LogP contribution in [-0.4, -0.2) is 39.4 Å². The number of hydrogen-bond donors (Lipinski definition) is 1. The molecule has 0 radical (unpaired) electrons. The first-order chi connectivity index (χ1) is 9.26. The Morgan fingerprint density at radius 2 is 2.16 bits per heavy atom. The number of hydrogen-bond acceptors (Lipinski definition) is 3. The third-order valence-corrected chi connectivity index (χ3v) is 4.14. The molecule has 1 aliphatic rings. The predicted molar refractivity (Wildman–Crippen MR) is 80.8 cm³/mol. The zero-order valence-electron chi connectivity index (χ0n) is 12.4. The molecule has 1 N–H and O–H groups in total. The third-order valence-electron chi connectivity index (χ3n) is 4.14. The summed E-state index contributed by atoms with van der Waals surface area (Å²) in [5, 5.41) is 3.44. The van der Waals surface area contributed by atoms with Gasteiger partial charge in [-0.1, -0.05) is 18.2 Å². The molecule has 2 rings (SSSR count). The summed E-state index contributed by atoms with van der Waals surface area (Å²) < 4.78 is 5.66. The van der Waals surface area contributed by atoms with Gasteiger partial charge in [-0.15, -0.1) is 0 Å². The molecule has 1 aliphatic heterocycles. The van der Waals surface area contributed by atoms with Crippen LogP contribution in [0.1, 0.15) is 18.9 Å². The summed E-state index contributed by atoms with van der Waals surface area (Å²) >= 11 is 0. The molecule has 0 aromatic heterocycles. The molecule has 1 aromatic carbocycles. The van der Waals surface area contributed by atoms with Crippen molar-refractivity contribution in [2.45, 2.75) is 26.3 Å². The highest BCUT2D eigenvalue weighted by Gasteiger charge is 2.26. The fourth-order valence-electron chi connectivity index (χ4n) is 2.96. The Labute approximate surface area is 116 Å². The number of ether oxygens (including phenoxy) is 1. The van der Waals surface area contributed by atoms with Crippen molar-refractivity contribution < 1.29 is 4.74 Å². The Hall–Kier alpha value is -1.06. The topological polar surface area (TPSA) is 24.5 Å². The summed E-state index contributed by atoms with van der Waals surface area (Å²) in [4.78, 5) is 2.47. The van der Waals surface area contributed by atoms with Gasteiger partial charge in [0.15, 0.2) is 0 Å². The van der Waals surface area contributed by atoms with Crippen LogP contribution in [0.5, 0.6) is 0 Å². The van der Waals surface area contributed by atoms with Gasteiger partial charge in [-0.3, -0.25) is 0 Å². The van der Waals surface area contributed by atoms with Crippen molar-refractivity contribution in [2.75, 3.05) is 38.3 Å². The summed E-state index contributed by atoms with van der Waals surface area (Å²) in [6, 6.07) is 9.21. The summed E-state index contributed by atoms with van der Waals surface area (Å²) in [5.41, 5.74) is 2.70. The van der Waals surface area contributed by atoms with Gasteiger partial charge in [0.25, 0.3) is 0 Å². The normalized spacial score (nSPS) is 23.3. The fraction of sp³-hybridized carbons (Fsp3) is 0.625. The van der Waals surface area contributed by atoms with Gasteiger partial charge in [-0.2, -0.15) is 0 Å². The van der Waals surface area contributed by atoms with E-state index in [0.717, 1.165) is 32.7 Å². The summed E-state index contributed by atoms with van der Waals surface area (Å²) in [6.45, 7) is 8.27. The zero-order chi connectivity index (χ0) is 13.7. The van der Waals surface area contributed by atoms with Crippen LogP contribution in [0.3, 0.4) is 0 Å². The first-order valence-electron chi connectivity index (χ1n) is 7.31. The molecule has 0 aliphatic carbocycles. The van der Waals surface area contributed by atoms with Crippen molar-refractivity contribution in [3.8, 4) is 0 Å². The second-order valence-electron chi connectivity index (χ2n) is 5.34. The highest BCUT2D eigenvalue weighted by molar-refractivity contribution is 5.52. The Morgan fingerprint density at radius 1 is 1.37 bits per heavy atom. The fourth-order valence-corrected chi connectivity index (χ4v) is 2.96. The van der Waals surface area contributed by atoms with Crippen LogP contribution in [-0.2, 0) is 4.74 Å². The lowest BCUT2D eigenvalue weighted by molar-refractivity contribution is 0.0368. The number of nitrogens with zero attached hydrogens (tertiary/aromatic N) is 1. The van der Waals surface area contributed by atoms with E-state index in [1.54, 1.807) is 0 Å². The maximum atomic E-state index is 5.66. The van der Waals surface area contributed by atoms with E-state index in [1.807, 2.05) is 0 Å². The molecule has 3 nitrogen and oxygen atoms in total. The predicted octanol–water partition coefficient (Wildman–Crippen LogP) is 2.45. The second kappa shape index (κ2) is 6.92. The number of aryl methyl sites for hydroxylation is 1. The number of anilines is 1. The average Bonchev–Trinajstić information content (AvgIpc) is 2.46. The SMILES string of the molecule is CCN(CC1COCCC1NC)c1ccccc1C. The third kappa shape index (κ3) is 3.48. The van der Waals surface area contributed by atoms with Gasteiger partial charge in [0.1, 0.15) is 0 Å². The molecule has 0 bridgehead atoms. The monoisotopic (exact) mass is 262 g/mol. The molecule has 1 saturated heterocycles. The smallest absolute Gasteiger partial charge is 0.0526 e. The minimum atomic E-state index is 0.568. The van der Waals surface area contributed by atoms with E-state index in [1.165, 1.54) is 11.3 Å². The molecular weight excluding hydrogens is 236 g/mol. The Morgan fingerprint density at radius 3 is 2.84 bits per heavy atom. The van der Waals surface area contributed by atoms with Crippen LogP contribution in [0.15, 0.2) is 24.3 Å². The lowest BCUT2D eigenvalue weighted by atomic mass is 9.95. The van der Waals surface area contributed by atoms with Crippen molar-refractivity contribution in [2.24, 2.45) is 5.92 Å². The van der Waals surface area contributed by atoms with E-state index in [2.05, 4.69) is 55.4 Å². The lowest BCUT2D eigenvalue weighted by Crippen LogP contribution is -2.46. The van der Waals surface area contributed by atoms with Crippen molar-refractivity contribution in [3.63, 3.8) is 0 Å².